The molecular weight excluding hydrogens is 250 g/mol. The van der Waals surface area contributed by atoms with Gasteiger partial charge in [0.15, 0.2) is 0 Å². The Morgan fingerprint density at radius 3 is 2.55 bits per heavy atom. The van der Waals surface area contributed by atoms with Gasteiger partial charge in [-0.2, -0.15) is 5.10 Å². The van der Waals surface area contributed by atoms with Crippen molar-refractivity contribution in [3.63, 3.8) is 0 Å². The van der Waals surface area contributed by atoms with Crippen LogP contribution < -0.4 is 5.32 Å². The fourth-order valence-corrected chi connectivity index (χ4v) is 2.75. The van der Waals surface area contributed by atoms with Gasteiger partial charge in [0.25, 0.3) is 0 Å². The molecule has 1 unspecified atom stereocenters. The van der Waals surface area contributed by atoms with Crippen molar-refractivity contribution in [3.8, 4) is 0 Å². The maximum atomic E-state index is 10.2. The Balaban J connectivity index is 2.43. The van der Waals surface area contributed by atoms with Gasteiger partial charge in [0.2, 0.25) is 0 Å². The largest absolute Gasteiger partial charge is 0.389 e. The van der Waals surface area contributed by atoms with Crippen LogP contribution in [0.3, 0.4) is 0 Å². The molecule has 116 valence electrons. The molecule has 0 spiro atoms. The molecule has 1 rings (SSSR count). The van der Waals surface area contributed by atoms with E-state index in [4.69, 9.17) is 0 Å². The van der Waals surface area contributed by atoms with E-state index in [1.807, 2.05) is 6.92 Å². The molecule has 4 nitrogen and oxygen atoms in total. The number of hydrogen-bond acceptors (Lipinski definition) is 3. The number of aromatic nitrogens is 2. The molecule has 0 fully saturated rings. The van der Waals surface area contributed by atoms with Gasteiger partial charge in [0, 0.05) is 19.3 Å². The molecule has 1 aromatic rings. The van der Waals surface area contributed by atoms with Gasteiger partial charge in [0.1, 0.15) is 0 Å². The number of rotatable bonds is 9. The zero-order chi connectivity index (χ0) is 15.2. The summed E-state index contributed by atoms with van der Waals surface area (Å²) in [7, 11) is 0. The number of nitrogens with zero attached hydrogens (tertiary/aromatic N) is 2. The highest BCUT2D eigenvalue weighted by atomic mass is 16.3. The molecule has 0 aliphatic heterocycles. The van der Waals surface area contributed by atoms with E-state index in [2.05, 4.69) is 55.1 Å². The molecule has 4 heteroatoms. The van der Waals surface area contributed by atoms with E-state index >= 15 is 0 Å². The Labute approximate surface area is 123 Å². The molecule has 0 saturated carbocycles. The van der Waals surface area contributed by atoms with Gasteiger partial charge in [-0.25, -0.2) is 0 Å². The Kier molecular flexibility index (Phi) is 6.69. The molecule has 0 radical (unpaired) electrons. The van der Waals surface area contributed by atoms with Crippen molar-refractivity contribution < 1.29 is 5.11 Å². The predicted octanol–water partition coefficient (Wildman–Crippen LogP) is 3.13. The molecule has 1 heterocycles. The Morgan fingerprint density at radius 1 is 1.35 bits per heavy atom. The summed E-state index contributed by atoms with van der Waals surface area (Å²) < 4.78 is 2.06. The van der Waals surface area contributed by atoms with Crippen LogP contribution in [0, 0.1) is 5.92 Å². The lowest BCUT2D eigenvalue weighted by molar-refractivity contribution is 0.0382. The van der Waals surface area contributed by atoms with Crippen LogP contribution in [-0.4, -0.2) is 27.0 Å². The summed E-state index contributed by atoms with van der Waals surface area (Å²) in [4.78, 5) is 0. The second kappa shape index (κ2) is 7.79. The fourth-order valence-electron chi connectivity index (χ4n) is 2.75. The third kappa shape index (κ3) is 5.63. The Bertz CT molecular complexity index is 381. The Hall–Kier alpha value is -0.870. The summed E-state index contributed by atoms with van der Waals surface area (Å²) in [6, 6.07) is 2.55. The monoisotopic (exact) mass is 281 g/mol. The lowest BCUT2D eigenvalue weighted by atomic mass is 9.94. The second-order valence-electron chi connectivity index (χ2n) is 6.46. The molecule has 2 N–H and O–H groups in total. The minimum atomic E-state index is -0.647. The van der Waals surface area contributed by atoms with Gasteiger partial charge >= 0.3 is 0 Å². The van der Waals surface area contributed by atoms with Crippen LogP contribution in [0.15, 0.2) is 12.3 Å². The minimum Gasteiger partial charge on any atom is -0.389 e. The zero-order valence-electron chi connectivity index (χ0n) is 13.7. The summed E-state index contributed by atoms with van der Waals surface area (Å²) in [5.41, 5.74) is 0.392. The topological polar surface area (TPSA) is 50.1 Å². The van der Waals surface area contributed by atoms with Crippen molar-refractivity contribution in [3.05, 3.63) is 18.0 Å². The van der Waals surface area contributed by atoms with Gasteiger partial charge in [0.05, 0.1) is 17.3 Å². The highest BCUT2D eigenvalue weighted by Gasteiger charge is 2.21. The van der Waals surface area contributed by atoms with E-state index in [0.717, 1.165) is 25.0 Å². The third-order valence-corrected chi connectivity index (χ3v) is 3.64. The number of aliphatic hydroxyl groups is 1. The van der Waals surface area contributed by atoms with Gasteiger partial charge < -0.3 is 10.4 Å². The van der Waals surface area contributed by atoms with Crippen molar-refractivity contribution >= 4 is 0 Å². The lowest BCUT2D eigenvalue weighted by Crippen LogP contribution is -2.38. The van der Waals surface area contributed by atoms with Crippen LogP contribution >= 0.6 is 0 Å². The van der Waals surface area contributed by atoms with E-state index < -0.39 is 5.60 Å². The lowest BCUT2D eigenvalue weighted by Gasteiger charge is -2.25. The SMILES string of the molecule is CCC(CC)n1ccc(CNCC(C)(O)CC(C)C)n1. The average Bonchev–Trinajstić information content (AvgIpc) is 2.77. The zero-order valence-corrected chi connectivity index (χ0v) is 13.7. The predicted molar refractivity (Wildman–Crippen MR) is 83.6 cm³/mol. The van der Waals surface area contributed by atoms with Crippen LogP contribution in [-0.2, 0) is 6.54 Å². The van der Waals surface area contributed by atoms with Crippen LogP contribution in [0.2, 0.25) is 0 Å². The van der Waals surface area contributed by atoms with Crippen LogP contribution in [0.1, 0.15) is 65.6 Å². The van der Waals surface area contributed by atoms with Gasteiger partial charge in [-0.3, -0.25) is 4.68 Å². The fraction of sp³-hybridized carbons (Fsp3) is 0.812. The molecule has 1 aromatic heterocycles. The van der Waals surface area contributed by atoms with E-state index in [1.165, 1.54) is 0 Å². The number of hydrogen-bond donors (Lipinski definition) is 2. The summed E-state index contributed by atoms with van der Waals surface area (Å²) in [5, 5.41) is 18.2. The van der Waals surface area contributed by atoms with Crippen LogP contribution in [0.25, 0.3) is 0 Å². The van der Waals surface area contributed by atoms with E-state index in [-0.39, 0.29) is 0 Å². The first-order chi connectivity index (χ1) is 9.38. The van der Waals surface area contributed by atoms with Crippen molar-refractivity contribution in [2.24, 2.45) is 5.92 Å². The van der Waals surface area contributed by atoms with Crippen molar-refractivity contribution in [1.82, 2.24) is 15.1 Å². The first kappa shape index (κ1) is 17.2. The van der Waals surface area contributed by atoms with Crippen LogP contribution in [0.4, 0.5) is 0 Å². The molecule has 0 aliphatic carbocycles. The van der Waals surface area contributed by atoms with Gasteiger partial charge in [-0.1, -0.05) is 27.7 Å². The Morgan fingerprint density at radius 2 is 2.00 bits per heavy atom. The third-order valence-electron chi connectivity index (χ3n) is 3.64. The van der Waals surface area contributed by atoms with Gasteiger partial charge in [-0.15, -0.1) is 0 Å². The summed E-state index contributed by atoms with van der Waals surface area (Å²) in [5.74, 6) is 0.501. The quantitative estimate of drug-likeness (QED) is 0.731. The van der Waals surface area contributed by atoms with Crippen molar-refractivity contribution in [2.75, 3.05) is 6.54 Å². The summed E-state index contributed by atoms with van der Waals surface area (Å²) in [6.07, 6.45) is 5.07. The van der Waals surface area contributed by atoms with E-state index in [9.17, 15) is 5.11 Å². The maximum Gasteiger partial charge on any atom is 0.0762 e. The molecule has 0 amide bonds. The molecule has 0 aliphatic rings. The highest BCUT2D eigenvalue weighted by Crippen LogP contribution is 2.16. The summed E-state index contributed by atoms with van der Waals surface area (Å²) >= 11 is 0. The molecule has 0 aromatic carbocycles. The number of nitrogens with one attached hydrogen (secondary N) is 1. The average molecular weight is 281 g/mol. The van der Waals surface area contributed by atoms with E-state index in [1.54, 1.807) is 0 Å². The summed E-state index contributed by atoms with van der Waals surface area (Å²) in [6.45, 7) is 11.8. The van der Waals surface area contributed by atoms with Gasteiger partial charge in [-0.05, 0) is 38.2 Å². The van der Waals surface area contributed by atoms with Crippen molar-refractivity contribution in [1.29, 1.82) is 0 Å². The first-order valence-electron chi connectivity index (χ1n) is 7.85. The maximum absolute atomic E-state index is 10.2. The molecule has 0 saturated heterocycles. The molecular formula is C16H31N3O. The van der Waals surface area contributed by atoms with Crippen LogP contribution in [0.5, 0.6) is 0 Å². The standard InChI is InChI=1S/C16H31N3O/c1-6-15(7-2)19-9-8-14(18-19)11-17-12-16(5,20)10-13(3)4/h8-9,13,15,17,20H,6-7,10-12H2,1-5H3. The molecule has 1 atom stereocenters. The first-order valence-corrected chi connectivity index (χ1v) is 7.85. The van der Waals surface area contributed by atoms with E-state index in [0.29, 0.717) is 25.0 Å². The molecule has 20 heavy (non-hydrogen) atoms. The molecule has 0 bridgehead atoms. The second-order valence-corrected chi connectivity index (χ2v) is 6.46. The minimum absolute atomic E-state index is 0.493. The normalized spacial score (nSPS) is 15.0. The van der Waals surface area contributed by atoms with Crippen molar-refractivity contribution in [2.45, 2.75) is 72.1 Å². The highest BCUT2D eigenvalue weighted by molar-refractivity contribution is 4.99. The smallest absolute Gasteiger partial charge is 0.0762 e.